The van der Waals surface area contributed by atoms with E-state index in [0.717, 1.165) is 5.56 Å². The lowest BCUT2D eigenvalue weighted by Gasteiger charge is -2.11. The Morgan fingerprint density at radius 1 is 1.53 bits per heavy atom. The number of methoxy groups -OCH3 is 1. The van der Waals surface area contributed by atoms with Gasteiger partial charge in [-0.15, -0.1) is 0 Å². The van der Waals surface area contributed by atoms with E-state index in [4.69, 9.17) is 11.8 Å². The molecule has 0 spiro atoms. The highest BCUT2D eigenvalue weighted by Crippen LogP contribution is 2.13. The molecule has 0 aliphatic carbocycles. The standard InChI is InChI=1S/C10H11ClN2O4/c1-17-10(14)9(12-11)6-7-2-4-8(5-3-7)13(15)16/h2-5,9,12H,6H2,1H3. The highest BCUT2D eigenvalue weighted by Gasteiger charge is 2.18. The van der Waals surface area contributed by atoms with Gasteiger partial charge in [-0.3, -0.25) is 14.9 Å². The molecule has 17 heavy (non-hydrogen) atoms. The monoisotopic (exact) mass is 258 g/mol. The molecule has 0 radical (unpaired) electrons. The van der Waals surface area contributed by atoms with Crippen LogP contribution < -0.4 is 4.84 Å². The molecule has 0 aliphatic heterocycles. The van der Waals surface area contributed by atoms with Gasteiger partial charge in [0.25, 0.3) is 5.69 Å². The molecule has 0 aromatic heterocycles. The first-order valence-electron chi connectivity index (χ1n) is 4.75. The second kappa shape index (κ2) is 6.17. The Bertz CT molecular complexity index is 407. The number of halogens is 1. The third-order valence-electron chi connectivity index (χ3n) is 2.20. The van der Waals surface area contributed by atoms with Gasteiger partial charge in [-0.05, 0) is 23.8 Å². The number of nitro benzene ring substituents is 1. The number of hydrogen-bond donors (Lipinski definition) is 1. The van der Waals surface area contributed by atoms with E-state index >= 15 is 0 Å². The zero-order valence-corrected chi connectivity index (χ0v) is 9.81. The van der Waals surface area contributed by atoms with Gasteiger partial charge in [0, 0.05) is 12.1 Å². The fraction of sp³-hybridized carbons (Fsp3) is 0.300. The molecule has 0 heterocycles. The van der Waals surface area contributed by atoms with Crippen molar-refractivity contribution in [2.45, 2.75) is 12.5 Å². The average molecular weight is 259 g/mol. The lowest BCUT2D eigenvalue weighted by Crippen LogP contribution is -2.33. The molecular weight excluding hydrogens is 248 g/mol. The molecule has 1 aromatic rings. The molecule has 0 saturated heterocycles. The minimum atomic E-state index is -0.678. The maximum atomic E-state index is 11.2. The lowest BCUT2D eigenvalue weighted by atomic mass is 10.1. The van der Waals surface area contributed by atoms with Gasteiger partial charge in [-0.25, -0.2) is 4.84 Å². The summed E-state index contributed by atoms with van der Waals surface area (Å²) in [5.41, 5.74) is 0.751. The van der Waals surface area contributed by atoms with Crippen LogP contribution in [0.25, 0.3) is 0 Å². The molecule has 7 heteroatoms. The van der Waals surface area contributed by atoms with Crippen molar-refractivity contribution in [3.05, 3.63) is 39.9 Å². The first kappa shape index (κ1) is 13.4. The molecule has 92 valence electrons. The van der Waals surface area contributed by atoms with Crippen LogP contribution >= 0.6 is 11.8 Å². The summed E-state index contributed by atoms with van der Waals surface area (Å²) >= 11 is 5.41. The van der Waals surface area contributed by atoms with Gasteiger partial charge >= 0.3 is 5.97 Å². The third-order valence-corrected chi connectivity index (χ3v) is 2.47. The second-order valence-corrected chi connectivity index (χ2v) is 3.53. The molecule has 1 atom stereocenters. The highest BCUT2D eigenvalue weighted by molar-refractivity contribution is 6.14. The summed E-state index contributed by atoms with van der Waals surface area (Å²) < 4.78 is 4.54. The molecule has 1 aromatic carbocycles. The van der Waals surface area contributed by atoms with Gasteiger partial charge in [-0.1, -0.05) is 12.1 Å². The van der Waals surface area contributed by atoms with Crippen molar-refractivity contribution in [1.82, 2.24) is 4.84 Å². The number of nitrogens with one attached hydrogen (secondary N) is 1. The van der Waals surface area contributed by atoms with Crippen LogP contribution in [0.3, 0.4) is 0 Å². The van der Waals surface area contributed by atoms with E-state index in [9.17, 15) is 14.9 Å². The molecule has 1 rings (SSSR count). The van der Waals surface area contributed by atoms with E-state index in [0.29, 0.717) is 6.42 Å². The summed E-state index contributed by atoms with van der Waals surface area (Å²) in [6, 6.07) is 5.21. The average Bonchev–Trinajstić information content (AvgIpc) is 2.35. The van der Waals surface area contributed by atoms with Crippen LogP contribution in [0.4, 0.5) is 5.69 Å². The van der Waals surface area contributed by atoms with Gasteiger partial charge in [0.1, 0.15) is 6.04 Å². The van der Waals surface area contributed by atoms with Crippen molar-refractivity contribution < 1.29 is 14.5 Å². The first-order chi connectivity index (χ1) is 8.08. The summed E-state index contributed by atoms with van der Waals surface area (Å²) in [6.45, 7) is 0. The number of carbonyl (C=O) groups is 1. The molecule has 6 nitrogen and oxygen atoms in total. The number of nitrogens with zero attached hydrogens (tertiary/aromatic N) is 1. The Balaban J connectivity index is 2.74. The van der Waals surface area contributed by atoms with Crippen LogP contribution in [-0.4, -0.2) is 24.0 Å². The molecule has 0 bridgehead atoms. The number of hydrogen-bond acceptors (Lipinski definition) is 5. The largest absolute Gasteiger partial charge is 0.468 e. The number of ether oxygens (including phenoxy) is 1. The number of non-ortho nitro benzene ring substituents is 1. The Labute approximate surface area is 103 Å². The van der Waals surface area contributed by atoms with E-state index in [-0.39, 0.29) is 5.69 Å². The van der Waals surface area contributed by atoms with Crippen LogP contribution in [0.5, 0.6) is 0 Å². The summed E-state index contributed by atoms with van der Waals surface area (Å²) in [4.78, 5) is 23.5. The van der Waals surface area contributed by atoms with Crippen LogP contribution in [0.15, 0.2) is 24.3 Å². The lowest BCUT2D eigenvalue weighted by molar-refractivity contribution is -0.384. The Hall–Kier alpha value is -1.66. The first-order valence-corrected chi connectivity index (χ1v) is 5.13. The van der Waals surface area contributed by atoms with Crippen molar-refractivity contribution in [1.29, 1.82) is 0 Å². The van der Waals surface area contributed by atoms with E-state index in [1.807, 2.05) is 0 Å². The second-order valence-electron chi connectivity index (χ2n) is 3.31. The van der Waals surface area contributed by atoms with E-state index in [1.54, 1.807) is 12.1 Å². The molecule has 0 saturated carbocycles. The number of esters is 1. The SMILES string of the molecule is COC(=O)C(Cc1ccc([N+](=O)[O-])cc1)NCl. The predicted octanol–water partition coefficient (Wildman–Crippen LogP) is 1.42. The van der Waals surface area contributed by atoms with Crippen molar-refractivity contribution in [3.8, 4) is 0 Å². The van der Waals surface area contributed by atoms with Crippen LogP contribution in [0, 0.1) is 10.1 Å². The summed E-state index contributed by atoms with van der Waals surface area (Å²) in [5, 5.41) is 10.4. The number of benzene rings is 1. The smallest absolute Gasteiger partial charge is 0.324 e. The number of carbonyl (C=O) groups excluding carboxylic acids is 1. The zero-order chi connectivity index (χ0) is 12.8. The topological polar surface area (TPSA) is 81.5 Å². The van der Waals surface area contributed by atoms with Crippen molar-refractivity contribution in [3.63, 3.8) is 0 Å². The quantitative estimate of drug-likeness (QED) is 0.374. The molecule has 0 fully saturated rings. The normalized spacial score (nSPS) is 11.9. The van der Waals surface area contributed by atoms with E-state index in [2.05, 4.69) is 9.57 Å². The number of rotatable bonds is 5. The molecule has 0 amide bonds. The van der Waals surface area contributed by atoms with Crippen LogP contribution in [-0.2, 0) is 16.0 Å². The predicted molar refractivity (Wildman–Crippen MR) is 61.6 cm³/mol. The Morgan fingerprint density at radius 3 is 2.53 bits per heavy atom. The fourth-order valence-electron chi connectivity index (χ4n) is 1.30. The third kappa shape index (κ3) is 3.69. The zero-order valence-electron chi connectivity index (χ0n) is 9.05. The van der Waals surface area contributed by atoms with Crippen LogP contribution in [0.1, 0.15) is 5.56 Å². The minimum Gasteiger partial charge on any atom is -0.468 e. The van der Waals surface area contributed by atoms with Crippen molar-refractivity contribution in [2.75, 3.05) is 7.11 Å². The summed E-state index contributed by atoms with van der Waals surface area (Å²) in [5.74, 6) is -0.488. The maximum absolute atomic E-state index is 11.2. The van der Waals surface area contributed by atoms with Crippen LogP contribution in [0.2, 0.25) is 0 Å². The van der Waals surface area contributed by atoms with E-state index < -0.39 is 16.9 Å². The number of nitro groups is 1. The fourth-order valence-corrected chi connectivity index (χ4v) is 1.46. The van der Waals surface area contributed by atoms with Gasteiger partial charge in [0.05, 0.1) is 12.0 Å². The summed E-state index contributed by atoms with van der Waals surface area (Å²) in [7, 11) is 1.26. The van der Waals surface area contributed by atoms with Crippen molar-refractivity contribution in [2.24, 2.45) is 0 Å². The Morgan fingerprint density at radius 2 is 2.12 bits per heavy atom. The molecule has 1 unspecified atom stereocenters. The van der Waals surface area contributed by atoms with Gasteiger partial charge < -0.3 is 4.74 Å². The van der Waals surface area contributed by atoms with Gasteiger partial charge in [0.15, 0.2) is 0 Å². The maximum Gasteiger partial charge on any atom is 0.324 e. The molecule has 0 aliphatic rings. The van der Waals surface area contributed by atoms with Gasteiger partial charge in [-0.2, -0.15) is 0 Å². The van der Waals surface area contributed by atoms with Gasteiger partial charge in [0.2, 0.25) is 0 Å². The minimum absolute atomic E-state index is 0.00204. The summed E-state index contributed by atoms with van der Waals surface area (Å²) in [6.07, 6.45) is 0.300. The highest BCUT2D eigenvalue weighted by atomic mass is 35.5. The molecule has 1 N–H and O–H groups in total. The Kier molecular flexibility index (Phi) is 4.86. The van der Waals surface area contributed by atoms with E-state index in [1.165, 1.54) is 19.2 Å². The van der Waals surface area contributed by atoms with Crippen molar-refractivity contribution >= 4 is 23.4 Å². The molecular formula is C10H11ClN2O4.